The molecular weight excluding hydrogens is 346 g/mol. The number of nitrogens with zero attached hydrogens (tertiary/aromatic N) is 2. The minimum absolute atomic E-state index is 0.0262. The lowest BCUT2D eigenvalue weighted by Gasteiger charge is -2.07. The number of hydrogen-bond donors (Lipinski definition) is 1. The first-order valence-corrected chi connectivity index (χ1v) is 7.10. The van der Waals surface area contributed by atoms with Crippen molar-refractivity contribution >= 4 is 45.7 Å². The molecule has 3 rings (SSSR count). The van der Waals surface area contributed by atoms with E-state index in [1.165, 1.54) is 29.0 Å². The van der Waals surface area contributed by atoms with Crippen LogP contribution in [-0.2, 0) is 0 Å². The Morgan fingerprint density at radius 2 is 1.87 bits per heavy atom. The molecule has 0 amide bonds. The average molecular weight is 354 g/mol. The molecule has 0 aliphatic heterocycles. The SMILES string of the molecule is O=C(c1cc(F)c(Cl)cc1Cl)n1ccc2cc([N+](=O)O)ccc21. The topological polar surface area (TPSA) is 62.3 Å². The van der Waals surface area contributed by atoms with E-state index in [4.69, 9.17) is 28.4 Å². The van der Waals surface area contributed by atoms with Gasteiger partial charge in [0.2, 0.25) is 0 Å². The van der Waals surface area contributed by atoms with Crippen molar-refractivity contribution in [3.05, 3.63) is 68.9 Å². The molecular formula is C15H8Cl2FN2O3+. The number of hydrogen-bond acceptors (Lipinski definition) is 2. The van der Waals surface area contributed by atoms with Gasteiger partial charge in [-0.1, -0.05) is 23.2 Å². The van der Waals surface area contributed by atoms with E-state index < -0.39 is 11.7 Å². The number of halogens is 3. The predicted molar refractivity (Wildman–Crippen MR) is 83.2 cm³/mol. The van der Waals surface area contributed by atoms with Crippen LogP contribution in [-0.4, -0.2) is 20.6 Å². The maximum absolute atomic E-state index is 13.6. The highest BCUT2D eigenvalue weighted by molar-refractivity contribution is 6.37. The highest BCUT2D eigenvalue weighted by atomic mass is 35.5. The molecule has 0 radical (unpaired) electrons. The van der Waals surface area contributed by atoms with E-state index in [9.17, 15) is 14.1 Å². The highest BCUT2D eigenvalue weighted by Gasteiger charge is 2.19. The Balaban J connectivity index is 2.12. The summed E-state index contributed by atoms with van der Waals surface area (Å²) in [5, 5.41) is 9.31. The molecule has 1 heterocycles. The van der Waals surface area contributed by atoms with Gasteiger partial charge in [0.15, 0.2) is 0 Å². The lowest BCUT2D eigenvalue weighted by molar-refractivity contribution is -0.729. The van der Waals surface area contributed by atoms with Crippen LogP contribution in [0, 0.1) is 10.7 Å². The average Bonchev–Trinajstić information content (AvgIpc) is 2.93. The molecule has 2 aromatic carbocycles. The molecule has 0 saturated carbocycles. The summed E-state index contributed by atoms with van der Waals surface area (Å²) in [6.07, 6.45) is 1.46. The Hall–Kier alpha value is -2.44. The van der Waals surface area contributed by atoms with Crippen molar-refractivity contribution < 1.29 is 19.3 Å². The van der Waals surface area contributed by atoms with E-state index >= 15 is 0 Å². The molecule has 0 aliphatic carbocycles. The summed E-state index contributed by atoms with van der Waals surface area (Å²) >= 11 is 11.6. The van der Waals surface area contributed by atoms with Crippen LogP contribution in [0.25, 0.3) is 10.9 Å². The summed E-state index contributed by atoms with van der Waals surface area (Å²) in [4.78, 5) is 23.2. The molecule has 0 unspecified atom stereocenters. The Kier molecular flexibility index (Phi) is 3.79. The van der Waals surface area contributed by atoms with Crippen LogP contribution < -0.4 is 0 Å². The van der Waals surface area contributed by atoms with Crippen molar-refractivity contribution in [2.75, 3.05) is 0 Å². The van der Waals surface area contributed by atoms with Crippen LogP contribution in [0.15, 0.2) is 42.6 Å². The number of fused-ring (bicyclic) bond motifs is 1. The summed E-state index contributed by atoms with van der Waals surface area (Å²) in [6.45, 7) is 0. The lowest BCUT2D eigenvalue weighted by atomic mass is 10.2. The van der Waals surface area contributed by atoms with Gasteiger partial charge >= 0.3 is 5.69 Å². The molecule has 23 heavy (non-hydrogen) atoms. The first kappa shape index (κ1) is 15.5. The van der Waals surface area contributed by atoms with Gasteiger partial charge in [0.05, 0.1) is 26.0 Å². The summed E-state index contributed by atoms with van der Waals surface area (Å²) in [6, 6.07) is 7.97. The molecule has 3 aromatic rings. The molecule has 8 heteroatoms. The molecule has 0 spiro atoms. The maximum atomic E-state index is 13.6. The molecule has 5 nitrogen and oxygen atoms in total. The summed E-state index contributed by atoms with van der Waals surface area (Å²) in [7, 11) is 0. The first-order valence-electron chi connectivity index (χ1n) is 6.35. The number of carbonyl (C=O) groups excluding carboxylic acids is 1. The smallest absolute Gasteiger partial charge is 0.283 e. The zero-order valence-corrected chi connectivity index (χ0v) is 12.8. The largest absolute Gasteiger partial charge is 0.317 e. The van der Waals surface area contributed by atoms with Gasteiger partial charge in [0, 0.05) is 23.7 Å². The molecule has 0 saturated heterocycles. The van der Waals surface area contributed by atoms with Gasteiger partial charge in [-0.3, -0.25) is 9.36 Å². The minimum Gasteiger partial charge on any atom is -0.283 e. The van der Waals surface area contributed by atoms with Gasteiger partial charge in [-0.05, 0) is 24.3 Å². The monoisotopic (exact) mass is 353 g/mol. The molecule has 1 aromatic heterocycles. The molecule has 0 atom stereocenters. The van der Waals surface area contributed by atoms with Crippen molar-refractivity contribution in [1.82, 2.24) is 4.57 Å². The zero-order chi connectivity index (χ0) is 16.7. The van der Waals surface area contributed by atoms with Crippen LogP contribution in [0.3, 0.4) is 0 Å². The van der Waals surface area contributed by atoms with Crippen LogP contribution in [0.4, 0.5) is 10.1 Å². The van der Waals surface area contributed by atoms with Crippen LogP contribution >= 0.6 is 23.2 Å². The van der Waals surface area contributed by atoms with Crippen LogP contribution in [0.2, 0.25) is 10.0 Å². The van der Waals surface area contributed by atoms with E-state index in [0.717, 1.165) is 12.1 Å². The fourth-order valence-electron chi connectivity index (χ4n) is 2.24. The number of benzene rings is 2. The second kappa shape index (κ2) is 5.64. The van der Waals surface area contributed by atoms with Gasteiger partial charge in [-0.25, -0.2) is 9.60 Å². The van der Waals surface area contributed by atoms with Crippen molar-refractivity contribution in [1.29, 1.82) is 0 Å². The molecule has 1 N–H and O–H groups in total. The fourth-order valence-corrected chi connectivity index (χ4v) is 2.71. The second-order valence-corrected chi connectivity index (χ2v) is 5.57. The van der Waals surface area contributed by atoms with E-state index in [-0.39, 0.29) is 26.2 Å². The Bertz CT molecular complexity index is 969. The first-order chi connectivity index (χ1) is 10.9. The maximum Gasteiger partial charge on any atom is 0.317 e. The molecule has 0 aliphatic rings. The summed E-state index contributed by atoms with van der Waals surface area (Å²) in [5.74, 6) is -1.29. The van der Waals surface area contributed by atoms with Crippen LogP contribution in [0.1, 0.15) is 10.4 Å². The third-order valence-electron chi connectivity index (χ3n) is 3.35. The third-order valence-corrected chi connectivity index (χ3v) is 3.96. The van der Waals surface area contributed by atoms with Crippen molar-refractivity contribution in [2.45, 2.75) is 0 Å². The standard InChI is InChI=1S/C15H8Cl2FN2O3/c16-11-7-12(17)13(18)6-10(11)15(21)19-4-3-8-5-9(20(22)23)1-2-14(8)19/h1-7H,(H,22,23)/q+1. The van der Waals surface area contributed by atoms with Crippen molar-refractivity contribution in [3.63, 3.8) is 0 Å². The summed E-state index contributed by atoms with van der Waals surface area (Å²) < 4.78 is 14.9. The Labute approximate surface area is 139 Å². The molecule has 0 fully saturated rings. The van der Waals surface area contributed by atoms with Crippen molar-refractivity contribution in [3.8, 4) is 0 Å². The van der Waals surface area contributed by atoms with Gasteiger partial charge in [-0.15, -0.1) is 0 Å². The van der Waals surface area contributed by atoms with Gasteiger partial charge in [0.25, 0.3) is 10.8 Å². The molecule has 116 valence electrons. The van der Waals surface area contributed by atoms with E-state index in [1.54, 1.807) is 6.07 Å². The summed E-state index contributed by atoms with van der Waals surface area (Å²) in [5.41, 5.74) is 0.466. The molecule has 0 bridgehead atoms. The fraction of sp³-hybridized carbons (Fsp3) is 0. The highest BCUT2D eigenvalue weighted by Crippen LogP contribution is 2.27. The number of carbonyl (C=O) groups is 1. The second-order valence-electron chi connectivity index (χ2n) is 4.75. The van der Waals surface area contributed by atoms with E-state index in [2.05, 4.69) is 0 Å². The van der Waals surface area contributed by atoms with E-state index in [0.29, 0.717) is 10.9 Å². The third kappa shape index (κ3) is 2.67. The van der Waals surface area contributed by atoms with Crippen molar-refractivity contribution in [2.24, 2.45) is 0 Å². The Morgan fingerprint density at radius 1 is 1.13 bits per heavy atom. The van der Waals surface area contributed by atoms with Gasteiger partial charge < -0.3 is 0 Å². The Morgan fingerprint density at radius 3 is 2.57 bits per heavy atom. The van der Waals surface area contributed by atoms with Gasteiger partial charge in [0.1, 0.15) is 5.82 Å². The van der Waals surface area contributed by atoms with Crippen LogP contribution in [0.5, 0.6) is 0 Å². The number of rotatable bonds is 2. The minimum atomic E-state index is -0.750. The predicted octanol–water partition coefficient (Wildman–Crippen LogP) is 4.58. The quantitative estimate of drug-likeness (QED) is 0.541. The van der Waals surface area contributed by atoms with E-state index in [1.807, 2.05) is 0 Å². The zero-order valence-electron chi connectivity index (χ0n) is 11.3. The van der Waals surface area contributed by atoms with Gasteiger partial charge in [-0.2, -0.15) is 0 Å². The normalized spacial score (nSPS) is 10.9. The number of aromatic nitrogens is 1. The lowest BCUT2D eigenvalue weighted by Crippen LogP contribution is -2.11.